The SMILES string of the molecule is CCCCCCCC/C=C\C/C=C\CC(O)C(=O)NC(CO)C(O)CCCCCCCCCCCCCCCCCCCC. The van der Waals surface area contributed by atoms with Crippen LogP contribution < -0.4 is 5.32 Å². The first-order valence-electron chi connectivity index (χ1n) is 19.1. The number of nitrogens with one attached hydrogen (secondary N) is 1. The van der Waals surface area contributed by atoms with Crippen LogP contribution >= 0.6 is 0 Å². The molecule has 260 valence electrons. The molecule has 0 aliphatic heterocycles. The quantitative estimate of drug-likeness (QED) is 0.0425. The molecular weight excluding hydrogens is 546 g/mol. The van der Waals surface area contributed by atoms with Crippen LogP contribution in [0.1, 0.15) is 194 Å². The number of carbonyl (C=O) groups is 1. The molecule has 0 bridgehead atoms. The first kappa shape index (κ1) is 42.8. The Kier molecular flexibility index (Phi) is 33.8. The van der Waals surface area contributed by atoms with Gasteiger partial charge in [-0.1, -0.05) is 186 Å². The van der Waals surface area contributed by atoms with Gasteiger partial charge in [-0.05, 0) is 25.7 Å². The monoisotopic (exact) mass is 622 g/mol. The lowest BCUT2D eigenvalue weighted by Crippen LogP contribution is -2.49. The molecule has 4 N–H and O–H groups in total. The molecule has 0 aromatic rings. The van der Waals surface area contributed by atoms with Gasteiger partial charge >= 0.3 is 0 Å². The third-order valence-electron chi connectivity index (χ3n) is 8.83. The van der Waals surface area contributed by atoms with Crippen LogP contribution in [0.4, 0.5) is 0 Å². The number of allylic oxidation sites excluding steroid dienone is 3. The van der Waals surface area contributed by atoms with Crippen LogP contribution in [0.3, 0.4) is 0 Å². The molecule has 0 rings (SSSR count). The first-order chi connectivity index (χ1) is 21.6. The highest BCUT2D eigenvalue weighted by Gasteiger charge is 2.23. The maximum absolute atomic E-state index is 12.4. The van der Waals surface area contributed by atoms with Crippen molar-refractivity contribution in [3.05, 3.63) is 24.3 Å². The number of hydrogen-bond donors (Lipinski definition) is 4. The van der Waals surface area contributed by atoms with E-state index in [2.05, 4.69) is 31.3 Å². The van der Waals surface area contributed by atoms with E-state index in [1.54, 1.807) is 0 Å². The topological polar surface area (TPSA) is 89.8 Å². The fourth-order valence-corrected chi connectivity index (χ4v) is 5.76. The van der Waals surface area contributed by atoms with Gasteiger partial charge in [0.25, 0.3) is 0 Å². The van der Waals surface area contributed by atoms with E-state index in [1.807, 2.05) is 12.2 Å². The number of unbranched alkanes of at least 4 members (excludes halogenated alkanes) is 23. The van der Waals surface area contributed by atoms with E-state index >= 15 is 0 Å². The molecule has 1 amide bonds. The summed E-state index contributed by atoms with van der Waals surface area (Å²) in [6.45, 7) is 4.18. The highest BCUT2D eigenvalue weighted by Crippen LogP contribution is 2.15. The van der Waals surface area contributed by atoms with Gasteiger partial charge in [0, 0.05) is 6.42 Å². The third-order valence-corrected chi connectivity index (χ3v) is 8.83. The van der Waals surface area contributed by atoms with E-state index in [4.69, 9.17) is 0 Å². The van der Waals surface area contributed by atoms with E-state index in [1.165, 1.54) is 141 Å². The number of aliphatic hydroxyl groups is 3. The summed E-state index contributed by atoms with van der Waals surface area (Å²) < 4.78 is 0. The fourth-order valence-electron chi connectivity index (χ4n) is 5.76. The Bertz CT molecular complexity index is 650. The summed E-state index contributed by atoms with van der Waals surface area (Å²) in [4.78, 5) is 12.4. The van der Waals surface area contributed by atoms with Crippen LogP contribution in [0.25, 0.3) is 0 Å². The maximum Gasteiger partial charge on any atom is 0.249 e. The molecule has 3 unspecified atom stereocenters. The van der Waals surface area contributed by atoms with Crippen LogP contribution in [0.15, 0.2) is 24.3 Å². The largest absolute Gasteiger partial charge is 0.394 e. The molecule has 0 aromatic carbocycles. The lowest BCUT2D eigenvalue weighted by Gasteiger charge is -2.23. The van der Waals surface area contributed by atoms with Crippen LogP contribution in [-0.2, 0) is 4.79 Å². The van der Waals surface area contributed by atoms with Crippen LogP contribution in [-0.4, -0.2) is 46.1 Å². The minimum absolute atomic E-state index is 0.227. The van der Waals surface area contributed by atoms with Crippen molar-refractivity contribution in [1.29, 1.82) is 0 Å². The summed E-state index contributed by atoms with van der Waals surface area (Å²) in [6, 6.07) is -0.739. The fraction of sp³-hybridized carbons (Fsp3) is 0.872. The van der Waals surface area contributed by atoms with Crippen LogP contribution in [0.2, 0.25) is 0 Å². The summed E-state index contributed by atoms with van der Waals surface area (Å²) >= 11 is 0. The highest BCUT2D eigenvalue weighted by atomic mass is 16.3. The second kappa shape index (κ2) is 34.7. The van der Waals surface area contributed by atoms with Crippen LogP contribution in [0, 0.1) is 0 Å². The van der Waals surface area contributed by atoms with Gasteiger partial charge < -0.3 is 20.6 Å². The van der Waals surface area contributed by atoms with E-state index in [0.717, 1.165) is 25.7 Å². The highest BCUT2D eigenvalue weighted by molar-refractivity contribution is 5.81. The van der Waals surface area contributed by atoms with Crippen molar-refractivity contribution in [2.75, 3.05) is 6.61 Å². The Morgan fingerprint density at radius 2 is 0.977 bits per heavy atom. The first-order valence-corrected chi connectivity index (χ1v) is 19.1. The summed E-state index contributed by atoms with van der Waals surface area (Å²) in [6.07, 6.45) is 40.4. The molecule has 5 heteroatoms. The predicted octanol–water partition coefficient (Wildman–Crippen LogP) is 10.3. The molecule has 0 heterocycles. The van der Waals surface area contributed by atoms with Crippen molar-refractivity contribution in [3.63, 3.8) is 0 Å². The van der Waals surface area contributed by atoms with E-state index in [-0.39, 0.29) is 13.0 Å². The average Bonchev–Trinajstić information content (AvgIpc) is 3.03. The van der Waals surface area contributed by atoms with E-state index in [9.17, 15) is 20.1 Å². The molecule has 0 spiro atoms. The number of rotatable bonds is 34. The summed E-state index contributed by atoms with van der Waals surface area (Å²) in [5.74, 6) is -0.538. The number of amides is 1. The lowest BCUT2D eigenvalue weighted by atomic mass is 10.0. The van der Waals surface area contributed by atoms with Gasteiger partial charge in [-0.15, -0.1) is 0 Å². The van der Waals surface area contributed by atoms with Gasteiger partial charge in [0.15, 0.2) is 0 Å². The Morgan fingerprint density at radius 1 is 0.568 bits per heavy atom. The maximum atomic E-state index is 12.4. The number of aliphatic hydroxyl groups excluding tert-OH is 3. The minimum atomic E-state index is -1.18. The molecule has 0 aliphatic carbocycles. The Balaban J connectivity index is 3.72. The molecule has 0 saturated heterocycles. The van der Waals surface area contributed by atoms with E-state index in [0.29, 0.717) is 6.42 Å². The number of carbonyl (C=O) groups excluding carboxylic acids is 1. The summed E-state index contributed by atoms with van der Waals surface area (Å²) in [7, 11) is 0. The number of hydrogen-bond acceptors (Lipinski definition) is 4. The zero-order chi connectivity index (χ0) is 32.4. The van der Waals surface area contributed by atoms with Gasteiger partial charge in [0.2, 0.25) is 5.91 Å². The molecule has 44 heavy (non-hydrogen) atoms. The zero-order valence-corrected chi connectivity index (χ0v) is 29.3. The third kappa shape index (κ3) is 29.5. The van der Waals surface area contributed by atoms with Crippen molar-refractivity contribution in [2.24, 2.45) is 0 Å². The second-order valence-electron chi connectivity index (χ2n) is 13.2. The van der Waals surface area contributed by atoms with Gasteiger partial charge in [0.1, 0.15) is 6.10 Å². The van der Waals surface area contributed by atoms with Crippen molar-refractivity contribution < 1.29 is 20.1 Å². The summed E-state index contributed by atoms with van der Waals surface area (Å²) in [5.41, 5.74) is 0. The second-order valence-corrected chi connectivity index (χ2v) is 13.2. The van der Waals surface area contributed by atoms with E-state index < -0.39 is 24.2 Å². The normalized spacial score (nSPS) is 14.0. The van der Waals surface area contributed by atoms with Crippen LogP contribution in [0.5, 0.6) is 0 Å². The van der Waals surface area contributed by atoms with Gasteiger partial charge in [0.05, 0.1) is 18.8 Å². The zero-order valence-electron chi connectivity index (χ0n) is 29.3. The Labute approximate surface area is 273 Å². The molecule has 5 nitrogen and oxygen atoms in total. The molecule has 0 radical (unpaired) electrons. The smallest absolute Gasteiger partial charge is 0.249 e. The standard InChI is InChI=1S/C39H75NO4/c1-3-5-7-9-11-13-15-17-18-19-20-21-22-24-25-27-29-31-33-37(42)36(35-41)40-39(44)38(43)34-32-30-28-26-23-16-14-12-10-8-6-4-2/h23,26,30,32,36-38,41-43H,3-22,24-25,27-29,31,33-35H2,1-2H3,(H,40,44)/b26-23-,32-30-. The van der Waals surface area contributed by atoms with Crippen molar-refractivity contribution >= 4 is 5.91 Å². The van der Waals surface area contributed by atoms with Crippen molar-refractivity contribution in [2.45, 2.75) is 212 Å². The predicted molar refractivity (Wildman–Crippen MR) is 190 cm³/mol. The van der Waals surface area contributed by atoms with Crippen molar-refractivity contribution in [1.82, 2.24) is 5.32 Å². The molecule has 0 saturated carbocycles. The molecule has 0 aliphatic rings. The summed E-state index contributed by atoms with van der Waals surface area (Å²) in [5, 5.41) is 33.0. The Hall–Kier alpha value is -1.17. The van der Waals surface area contributed by atoms with Gasteiger partial charge in [-0.25, -0.2) is 0 Å². The molecule has 0 fully saturated rings. The minimum Gasteiger partial charge on any atom is -0.394 e. The molecular formula is C39H75NO4. The van der Waals surface area contributed by atoms with Gasteiger partial charge in [-0.3, -0.25) is 4.79 Å². The molecule has 3 atom stereocenters. The van der Waals surface area contributed by atoms with Crippen molar-refractivity contribution in [3.8, 4) is 0 Å². The Morgan fingerprint density at radius 3 is 1.43 bits per heavy atom. The molecule has 0 aromatic heterocycles. The lowest BCUT2D eigenvalue weighted by molar-refractivity contribution is -0.131. The van der Waals surface area contributed by atoms with Gasteiger partial charge in [-0.2, -0.15) is 0 Å². The average molecular weight is 622 g/mol.